The molecule has 0 fully saturated rings. The molecule has 4 aromatic rings. The van der Waals surface area contributed by atoms with E-state index in [1.54, 1.807) is 23.9 Å². The highest BCUT2D eigenvalue weighted by Gasteiger charge is 2.30. The number of methoxy groups -OCH3 is 1. The molecule has 3 aromatic carbocycles. The number of hydrogen-bond donors (Lipinski definition) is 0. The van der Waals surface area contributed by atoms with Gasteiger partial charge in [0.05, 0.1) is 19.2 Å². The van der Waals surface area contributed by atoms with Gasteiger partial charge in [0, 0.05) is 11.1 Å². The highest BCUT2D eigenvalue weighted by molar-refractivity contribution is 5.66. The summed E-state index contributed by atoms with van der Waals surface area (Å²) >= 11 is 0. The summed E-state index contributed by atoms with van der Waals surface area (Å²) in [5, 5.41) is 8.42. The number of alkyl halides is 3. The maximum absolute atomic E-state index is 13.0. The summed E-state index contributed by atoms with van der Waals surface area (Å²) in [5.74, 6) is 6.76. The third-order valence-electron chi connectivity index (χ3n) is 4.81. The third-order valence-corrected chi connectivity index (χ3v) is 4.81. The Labute approximate surface area is 183 Å². The average molecular weight is 433 g/mol. The van der Waals surface area contributed by atoms with E-state index in [2.05, 4.69) is 22.2 Å². The van der Waals surface area contributed by atoms with E-state index in [-0.39, 0.29) is 0 Å². The van der Waals surface area contributed by atoms with Gasteiger partial charge < -0.3 is 4.74 Å². The molecular weight excluding hydrogens is 415 g/mol. The van der Waals surface area contributed by atoms with Crippen molar-refractivity contribution in [2.45, 2.75) is 12.7 Å². The number of ether oxygens (including phenoxy) is 1. The van der Waals surface area contributed by atoms with Gasteiger partial charge in [-0.1, -0.05) is 53.6 Å². The van der Waals surface area contributed by atoms with Crippen LogP contribution in [0, 0.1) is 11.8 Å². The van der Waals surface area contributed by atoms with Crippen molar-refractivity contribution in [3.05, 3.63) is 101 Å². The van der Waals surface area contributed by atoms with Crippen molar-refractivity contribution in [1.82, 2.24) is 15.0 Å². The largest absolute Gasteiger partial charge is 0.497 e. The second kappa shape index (κ2) is 8.98. The zero-order valence-electron chi connectivity index (χ0n) is 17.1. The molecule has 0 spiro atoms. The molecule has 0 aliphatic rings. The number of nitrogens with zero attached hydrogens (tertiary/aromatic N) is 3. The molecule has 0 bridgehead atoms. The highest BCUT2D eigenvalue weighted by Crippen LogP contribution is 2.31. The summed E-state index contributed by atoms with van der Waals surface area (Å²) in [6, 6.07) is 21.8. The van der Waals surface area contributed by atoms with E-state index in [4.69, 9.17) is 4.74 Å². The van der Waals surface area contributed by atoms with Crippen molar-refractivity contribution in [3.8, 4) is 28.8 Å². The fourth-order valence-corrected chi connectivity index (χ4v) is 3.17. The molecule has 4 nitrogen and oxygen atoms in total. The Morgan fingerprint density at radius 2 is 1.56 bits per heavy atom. The van der Waals surface area contributed by atoms with Crippen LogP contribution in [0.25, 0.3) is 11.3 Å². The van der Waals surface area contributed by atoms with Crippen molar-refractivity contribution in [3.63, 3.8) is 0 Å². The van der Waals surface area contributed by atoms with E-state index < -0.39 is 11.7 Å². The second-order valence-electron chi connectivity index (χ2n) is 6.98. The monoisotopic (exact) mass is 433 g/mol. The Kier molecular flexibility index (Phi) is 5.95. The van der Waals surface area contributed by atoms with Crippen molar-refractivity contribution < 1.29 is 17.9 Å². The Balaban J connectivity index is 1.74. The predicted octanol–water partition coefficient (Wildman–Crippen LogP) is 5.42. The highest BCUT2D eigenvalue weighted by atomic mass is 19.4. The first-order valence-electron chi connectivity index (χ1n) is 9.75. The van der Waals surface area contributed by atoms with Crippen molar-refractivity contribution in [1.29, 1.82) is 0 Å². The van der Waals surface area contributed by atoms with E-state index in [0.29, 0.717) is 23.5 Å². The van der Waals surface area contributed by atoms with Gasteiger partial charge in [-0.05, 0) is 47.9 Å². The molecule has 0 aliphatic carbocycles. The van der Waals surface area contributed by atoms with Crippen LogP contribution in [-0.2, 0) is 12.7 Å². The van der Waals surface area contributed by atoms with Crippen LogP contribution in [0.15, 0.2) is 78.9 Å². The number of halogens is 3. The fourth-order valence-electron chi connectivity index (χ4n) is 3.17. The molecule has 1 aromatic heterocycles. The van der Waals surface area contributed by atoms with Gasteiger partial charge in [-0.2, -0.15) is 13.2 Å². The van der Waals surface area contributed by atoms with E-state index in [1.165, 1.54) is 12.1 Å². The Morgan fingerprint density at radius 3 is 2.19 bits per heavy atom. The van der Waals surface area contributed by atoms with Gasteiger partial charge in [0.1, 0.15) is 11.4 Å². The molecule has 0 radical (unpaired) electrons. The van der Waals surface area contributed by atoms with E-state index in [1.807, 2.05) is 42.5 Å². The van der Waals surface area contributed by atoms with Crippen LogP contribution < -0.4 is 4.74 Å². The lowest BCUT2D eigenvalue weighted by Crippen LogP contribution is -2.06. The van der Waals surface area contributed by atoms with Crippen molar-refractivity contribution >= 4 is 0 Å². The normalized spacial score (nSPS) is 11.0. The SMILES string of the molecule is COc1ccc(C#Cc2nnn(Cc3ccccc3)c2-c2ccc(C(F)(F)F)cc2)cc1. The van der Waals surface area contributed by atoms with Crippen LogP contribution in [-0.4, -0.2) is 22.1 Å². The average Bonchev–Trinajstić information content (AvgIpc) is 3.20. The maximum atomic E-state index is 13.0. The Morgan fingerprint density at radius 1 is 0.875 bits per heavy atom. The first-order chi connectivity index (χ1) is 15.4. The molecule has 4 rings (SSSR count). The van der Waals surface area contributed by atoms with Gasteiger partial charge in [-0.3, -0.25) is 0 Å². The fraction of sp³-hybridized carbons (Fsp3) is 0.120. The number of hydrogen-bond acceptors (Lipinski definition) is 3. The summed E-state index contributed by atoms with van der Waals surface area (Å²) in [5.41, 5.74) is 2.52. The van der Waals surface area contributed by atoms with Crippen molar-refractivity contribution in [2.75, 3.05) is 7.11 Å². The number of aromatic nitrogens is 3. The lowest BCUT2D eigenvalue weighted by atomic mass is 10.1. The Hall–Kier alpha value is -4.05. The summed E-state index contributed by atoms with van der Waals surface area (Å²) in [4.78, 5) is 0. The molecule has 1 heterocycles. The maximum Gasteiger partial charge on any atom is 0.416 e. The van der Waals surface area contributed by atoms with Crippen molar-refractivity contribution in [2.24, 2.45) is 0 Å². The van der Waals surface area contributed by atoms with Gasteiger partial charge in [0.15, 0.2) is 5.69 Å². The molecule has 7 heteroatoms. The van der Waals surface area contributed by atoms with E-state index in [0.717, 1.165) is 29.0 Å². The minimum Gasteiger partial charge on any atom is -0.497 e. The molecule has 0 unspecified atom stereocenters. The summed E-state index contributed by atoms with van der Waals surface area (Å²) in [6.45, 7) is 0.411. The van der Waals surface area contributed by atoms with Crippen LogP contribution in [0.2, 0.25) is 0 Å². The lowest BCUT2D eigenvalue weighted by molar-refractivity contribution is -0.137. The number of rotatable bonds is 4. The molecule has 0 aliphatic heterocycles. The van der Waals surface area contributed by atoms with Gasteiger partial charge in [-0.15, -0.1) is 5.10 Å². The quantitative estimate of drug-likeness (QED) is 0.404. The summed E-state index contributed by atoms with van der Waals surface area (Å²) in [6.07, 6.45) is -4.40. The molecule has 0 N–H and O–H groups in total. The smallest absolute Gasteiger partial charge is 0.416 e. The zero-order chi connectivity index (χ0) is 22.6. The zero-order valence-corrected chi connectivity index (χ0v) is 17.1. The molecule has 0 saturated heterocycles. The number of benzene rings is 3. The topological polar surface area (TPSA) is 39.9 Å². The molecular formula is C25H18F3N3O. The van der Waals surface area contributed by atoms with Crippen LogP contribution in [0.5, 0.6) is 5.75 Å². The minimum atomic E-state index is -4.40. The van der Waals surface area contributed by atoms with E-state index in [9.17, 15) is 13.2 Å². The third kappa shape index (κ3) is 4.81. The minimum absolute atomic E-state index is 0.386. The molecule has 0 saturated carbocycles. The molecule has 32 heavy (non-hydrogen) atoms. The first kappa shape index (κ1) is 21.2. The molecule has 160 valence electrons. The Bertz CT molecular complexity index is 1250. The first-order valence-corrected chi connectivity index (χ1v) is 9.75. The predicted molar refractivity (Wildman–Crippen MR) is 115 cm³/mol. The van der Waals surface area contributed by atoms with Crippen LogP contribution in [0.3, 0.4) is 0 Å². The van der Waals surface area contributed by atoms with Gasteiger partial charge >= 0.3 is 6.18 Å². The van der Waals surface area contributed by atoms with Gasteiger partial charge in [0.2, 0.25) is 0 Å². The van der Waals surface area contributed by atoms with E-state index >= 15 is 0 Å². The second-order valence-corrected chi connectivity index (χ2v) is 6.98. The van der Waals surface area contributed by atoms with Crippen LogP contribution in [0.4, 0.5) is 13.2 Å². The molecule has 0 amide bonds. The van der Waals surface area contributed by atoms with Gasteiger partial charge in [0.25, 0.3) is 0 Å². The standard InChI is InChI=1S/C25H18F3N3O/c1-32-22-14-7-18(8-15-22)9-16-23-24(20-10-12-21(13-11-20)25(26,27)28)31(30-29-23)17-19-5-3-2-4-6-19/h2-8,10-15H,17H2,1H3. The molecule has 0 atom stereocenters. The van der Waals surface area contributed by atoms with Crippen LogP contribution >= 0.6 is 0 Å². The summed E-state index contributed by atoms with van der Waals surface area (Å²) in [7, 11) is 1.59. The van der Waals surface area contributed by atoms with Gasteiger partial charge in [-0.25, -0.2) is 4.68 Å². The lowest BCUT2D eigenvalue weighted by Gasteiger charge is -2.10. The summed E-state index contributed by atoms with van der Waals surface area (Å²) < 4.78 is 45.8. The van der Waals surface area contributed by atoms with Crippen LogP contribution in [0.1, 0.15) is 22.4 Å².